The van der Waals surface area contributed by atoms with Gasteiger partial charge in [0.15, 0.2) is 5.82 Å². The number of ether oxygens (including phenoxy) is 1. The highest BCUT2D eigenvalue weighted by atomic mass is 16.6. The van der Waals surface area contributed by atoms with Gasteiger partial charge in [0, 0.05) is 0 Å². The zero-order chi connectivity index (χ0) is 15.2. The van der Waals surface area contributed by atoms with Gasteiger partial charge in [-0.05, 0) is 12.1 Å². The number of nitrogens with zero attached hydrogens (tertiary/aromatic N) is 4. The van der Waals surface area contributed by atoms with E-state index in [4.69, 9.17) is 15.7 Å². The monoisotopic (exact) mass is 291 g/mol. The van der Waals surface area contributed by atoms with Crippen LogP contribution in [0.15, 0.2) is 18.5 Å². The average molecular weight is 291 g/mol. The zero-order valence-electron chi connectivity index (χ0n) is 10.8. The molecule has 0 aromatic carbocycles. The number of nitriles is 1. The van der Waals surface area contributed by atoms with Crippen LogP contribution >= 0.6 is 0 Å². The molecule has 21 heavy (non-hydrogen) atoms. The smallest absolute Gasteiger partial charge is 0.206 e. The van der Waals surface area contributed by atoms with E-state index in [1.165, 1.54) is 10.8 Å². The number of anilines is 1. The summed E-state index contributed by atoms with van der Waals surface area (Å²) in [5.74, 6) is 0.248. The van der Waals surface area contributed by atoms with Crippen LogP contribution in [0.3, 0.4) is 0 Å². The quantitative estimate of drug-likeness (QED) is 0.514. The molecule has 0 aliphatic carbocycles. The molecular formula is C12H13N5O4. The fraction of sp³-hybridized carbons (Fsp3) is 0.417. The number of rotatable bonds is 2. The number of nitrogen functional groups attached to an aromatic ring is 1. The van der Waals surface area contributed by atoms with E-state index in [-0.39, 0.29) is 5.82 Å². The first-order chi connectivity index (χ1) is 10.0. The van der Waals surface area contributed by atoms with Crippen molar-refractivity contribution in [1.82, 2.24) is 14.6 Å². The van der Waals surface area contributed by atoms with E-state index in [1.807, 2.05) is 0 Å². The molecule has 0 spiro atoms. The van der Waals surface area contributed by atoms with Gasteiger partial charge in [-0.3, -0.25) is 0 Å². The molecular weight excluding hydrogens is 278 g/mol. The maximum Gasteiger partial charge on any atom is 0.206 e. The summed E-state index contributed by atoms with van der Waals surface area (Å²) in [6.07, 6.45) is -2.70. The summed E-state index contributed by atoms with van der Waals surface area (Å²) in [5.41, 5.74) is 4.76. The van der Waals surface area contributed by atoms with Crippen molar-refractivity contribution in [2.45, 2.75) is 23.9 Å². The van der Waals surface area contributed by atoms with Gasteiger partial charge in [0.2, 0.25) is 5.60 Å². The zero-order valence-corrected chi connectivity index (χ0v) is 10.8. The Morgan fingerprint density at radius 1 is 1.48 bits per heavy atom. The number of aromatic nitrogens is 3. The van der Waals surface area contributed by atoms with Crippen molar-refractivity contribution >= 4 is 11.3 Å². The number of aliphatic hydroxyl groups excluding tert-OH is 3. The van der Waals surface area contributed by atoms with Gasteiger partial charge in [0.05, 0.1) is 12.3 Å². The number of fused-ring (bicyclic) bond motifs is 1. The molecule has 0 bridgehead atoms. The third-order valence-corrected chi connectivity index (χ3v) is 3.68. The van der Waals surface area contributed by atoms with E-state index in [1.54, 1.807) is 18.2 Å². The molecule has 4 atom stereocenters. The van der Waals surface area contributed by atoms with Gasteiger partial charge in [0.1, 0.15) is 36.2 Å². The number of hydrogen-bond acceptors (Lipinski definition) is 8. The van der Waals surface area contributed by atoms with E-state index < -0.39 is 30.5 Å². The summed E-state index contributed by atoms with van der Waals surface area (Å²) in [4.78, 5) is 3.84. The van der Waals surface area contributed by atoms with Crippen LogP contribution < -0.4 is 5.73 Å². The first kappa shape index (κ1) is 13.7. The fourth-order valence-corrected chi connectivity index (χ4v) is 2.49. The van der Waals surface area contributed by atoms with Crippen molar-refractivity contribution in [2.24, 2.45) is 0 Å². The molecule has 5 N–H and O–H groups in total. The molecule has 3 heterocycles. The largest absolute Gasteiger partial charge is 0.392 e. The topological polar surface area (TPSA) is 150 Å². The van der Waals surface area contributed by atoms with E-state index >= 15 is 0 Å². The Bertz CT molecular complexity index is 726. The SMILES string of the molecule is N#C[C@]1(CO)O[C@H](c2ccc3c(N)ncnn23)[C@H](O)[C@@H]1O. The van der Waals surface area contributed by atoms with Crippen LogP contribution in [0.2, 0.25) is 0 Å². The molecule has 0 radical (unpaired) electrons. The third-order valence-electron chi connectivity index (χ3n) is 3.68. The molecule has 9 heteroatoms. The first-order valence-electron chi connectivity index (χ1n) is 6.18. The molecule has 0 amide bonds. The molecule has 1 aliphatic heterocycles. The lowest BCUT2D eigenvalue weighted by atomic mass is 9.96. The molecule has 110 valence electrons. The van der Waals surface area contributed by atoms with Crippen LogP contribution in [0.5, 0.6) is 0 Å². The Hall–Kier alpha value is -2.25. The van der Waals surface area contributed by atoms with Crippen molar-refractivity contribution in [1.29, 1.82) is 5.26 Å². The molecule has 0 unspecified atom stereocenters. The number of aliphatic hydroxyl groups is 3. The van der Waals surface area contributed by atoms with Crippen molar-refractivity contribution < 1.29 is 20.1 Å². The highest BCUT2D eigenvalue weighted by molar-refractivity contribution is 5.65. The van der Waals surface area contributed by atoms with Crippen molar-refractivity contribution in [3.8, 4) is 6.07 Å². The van der Waals surface area contributed by atoms with Crippen LogP contribution in [0.1, 0.15) is 11.8 Å². The summed E-state index contributed by atoms with van der Waals surface area (Å²) >= 11 is 0. The molecule has 2 aromatic rings. The van der Waals surface area contributed by atoms with Gasteiger partial charge in [-0.25, -0.2) is 9.50 Å². The van der Waals surface area contributed by atoms with Crippen molar-refractivity contribution in [3.63, 3.8) is 0 Å². The van der Waals surface area contributed by atoms with Crippen molar-refractivity contribution in [2.75, 3.05) is 12.3 Å². The highest BCUT2D eigenvalue weighted by Gasteiger charge is 2.55. The third kappa shape index (κ3) is 1.78. The standard InChI is InChI=1S/C12H13N5O4/c13-3-12(4-18)10(20)8(19)9(21-12)6-1-2-7-11(14)15-5-16-17(6)7/h1-2,5,8-10,18-20H,4H2,(H2,14,15,16)/t8-,9+,10-,12+/m0/s1. The van der Waals surface area contributed by atoms with Crippen LogP contribution in [0.25, 0.3) is 5.52 Å². The maximum absolute atomic E-state index is 10.1. The predicted octanol–water partition coefficient (Wildman–Crippen LogP) is -1.64. The molecule has 3 rings (SSSR count). The summed E-state index contributed by atoms with van der Waals surface area (Å²) in [6.45, 7) is -0.737. The summed E-state index contributed by atoms with van der Waals surface area (Å²) in [5, 5.41) is 42.5. The Balaban J connectivity index is 2.08. The number of hydrogen-bond donors (Lipinski definition) is 4. The normalized spacial score (nSPS) is 32.4. The second-order valence-corrected chi connectivity index (χ2v) is 4.83. The summed E-state index contributed by atoms with van der Waals surface area (Å²) in [6, 6.07) is 4.95. The average Bonchev–Trinajstić information content (AvgIpc) is 3.02. The Kier molecular flexibility index (Phi) is 3.03. The van der Waals surface area contributed by atoms with Gasteiger partial charge in [0.25, 0.3) is 0 Å². The van der Waals surface area contributed by atoms with Gasteiger partial charge < -0.3 is 25.8 Å². The van der Waals surface area contributed by atoms with E-state index in [0.717, 1.165) is 0 Å². The van der Waals surface area contributed by atoms with E-state index in [0.29, 0.717) is 11.2 Å². The van der Waals surface area contributed by atoms with Crippen LogP contribution in [0.4, 0.5) is 5.82 Å². The lowest BCUT2D eigenvalue weighted by molar-refractivity contribution is -0.0746. The molecule has 1 aliphatic rings. The van der Waals surface area contributed by atoms with E-state index in [2.05, 4.69) is 10.1 Å². The number of nitrogens with two attached hydrogens (primary N) is 1. The minimum Gasteiger partial charge on any atom is -0.392 e. The van der Waals surface area contributed by atoms with Crippen molar-refractivity contribution in [3.05, 3.63) is 24.2 Å². The van der Waals surface area contributed by atoms with Gasteiger partial charge in [-0.1, -0.05) is 0 Å². The maximum atomic E-state index is 10.1. The summed E-state index contributed by atoms with van der Waals surface area (Å²) < 4.78 is 6.84. The molecule has 1 fully saturated rings. The Labute approximate surface area is 118 Å². The van der Waals surface area contributed by atoms with Crippen LogP contribution in [0, 0.1) is 11.3 Å². The molecule has 2 aromatic heterocycles. The molecule has 0 saturated carbocycles. The predicted molar refractivity (Wildman–Crippen MR) is 68.7 cm³/mol. The minimum absolute atomic E-state index is 0.248. The highest BCUT2D eigenvalue weighted by Crippen LogP contribution is 2.40. The van der Waals surface area contributed by atoms with Crippen LogP contribution in [-0.2, 0) is 4.74 Å². The molecule has 1 saturated heterocycles. The Morgan fingerprint density at radius 3 is 2.86 bits per heavy atom. The first-order valence-corrected chi connectivity index (χ1v) is 6.18. The second-order valence-electron chi connectivity index (χ2n) is 4.83. The lowest BCUT2D eigenvalue weighted by Crippen LogP contribution is -2.44. The van der Waals surface area contributed by atoms with Gasteiger partial charge in [-0.2, -0.15) is 10.4 Å². The Morgan fingerprint density at radius 2 is 2.24 bits per heavy atom. The fourth-order valence-electron chi connectivity index (χ4n) is 2.49. The minimum atomic E-state index is -1.87. The van der Waals surface area contributed by atoms with Gasteiger partial charge in [-0.15, -0.1) is 0 Å². The second kappa shape index (κ2) is 4.64. The van der Waals surface area contributed by atoms with Crippen LogP contribution in [-0.4, -0.2) is 54.3 Å². The summed E-state index contributed by atoms with van der Waals surface area (Å²) in [7, 11) is 0. The molecule has 9 nitrogen and oxygen atoms in total. The van der Waals surface area contributed by atoms with E-state index in [9.17, 15) is 15.3 Å². The lowest BCUT2D eigenvalue weighted by Gasteiger charge is -2.21. The van der Waals surface area contributed by atoms with Gasteiger partial charge >= 0.3 is 0 Å².